The fourth-order valence-corrected chi connectivity index (χ4v) is 6.06. The van der Waals surface area contributed by atoms with Crippen molar-refractivity contribution in [2.24, 2.45) is 0 Å². The van der Waals surface area contributed by atoms with Crippen molar-refractivity contribution >= 4 is 29.0 Å². The zero-order valence-electron chi connectivity index (χ0n) is 21.1. The highest BCUT2D eigenvalue weighted by molar-refractivity contribution is 7.99. The third-order valence-electron chi connectivity index (χ3n) is 6.33. The molecule has 1 amide bonds. The second-order valence-corrected chi connectivity index (χ2v) is 10.9. The molecule has 0 unspecified atom stereocenters. The van der Waals surface area contributed by atoms with Crippen molar-refractivity contribution in [1.29, 1.82) is 0 Å². The monoisotopic (exact) mass is 538 g/mol. The molecule has 5 nitrogen and oxygen atoms in total. The first-order valence-electron chi connectivity index (χ1n) is 12.8. The summed E-state index contributed by atoms with van der Waals surface area (Å²) in [6.07, 6.45) is 2.12. The number of amides is 1. The average Bonchev–Trinajstić information content (AvgIpc) is 3.65. The summed E-state index contributed by atoms with van der Waals surface area (Å²) in [4.78, 5) is 13.7. The smallest absolute Gasteiger partial charge is 0.220 e. The van der Waals surface area contributed by atoms with Crippen LogP contribution in [0.25, 0.3) is 16.4 Å². The summed E-state index contributed by atoms with van der Waals surface area (Å²) in [6.45, 7) is 0.646. The molecule has 0 saturated carbocycles. The van der Waals surface area contributed by atoms with Crippen LogP contribution in [0.15, 0.2) is 114 Å². The van der Waals surface area contributed by atoms with Gasteiger partial charge in [0.1, 0.15) is 0 Å². The summed E-state index contributed by atoms with van der Waals surface area (Å²) in [5.74, 6) is 1.99. The summed E-state index contributed by atoms with van der Waals surface area (Å²) < 4.78 is 2.10. The molecule has 0 aliphatic rings. The first-order valence-corrected chi connectivity index (χ1v) is 14.7. The maximum atomic E-state index is 12.6. The lowest BCUT2D eigenvalue weighted by atomic mass is 9.88. The Bertz CT molecular complexity index is 1370. The van der Waals surface area contributed by atoms with E-state index in [0.717, 1.165) is 40.1 Å². The average molecular weight is 539 g/mol. The number of benzene rings is 3. The van der Waals surface area contributed by atoms with E-state index < -0.39 is 0 Å². The highest BCUT2D eigenvalue weighted by atomic mass is 32.2. The zero-order valence-corrected chi connectivity index (χ0v) is 22.7. The van der Waals surface area contributed by atoms with Gasteiger partial charge in [0.05, 0.1) is 4.88 Å². The number of carbonyl (C=O) groups is 1. The van der Waals surface area contributed by atoms with Gasteiger partial charge in [0.25, 0.3) is 0 Å². The number of nitrogens with zero attached hydrogens (tertiary/aromatic N) is 3. The Kier molecular flexibility index (Phi) is 9.02. The van der Waals surface area contributed by atoms with Gasteiger partial charge in [0.15, 0.2) is 11.0 Å². The van der Waals surface area contributed by atoms with Gasteiger partial charge in [-0.15, -0.1) is 21.5 Å². The Hall–Kier alpha value is -3.68. The van der Waals surface area contributed by atoms with Crippen LogP contribution in [0.2, 0.25) is 0 Å². The lowest BCUT2D eigenvalue weighted by Gasteiger charge is -2.18. The van der Waals surface area contributed by atoms with E-state index in [9.17, 15) is 4.79 Å². The molecule has 3 aromatic carbocycles. The van der Waals surface area contributed by atoms with Gasteiger partial charge in [-0.25, -0.2) is 0 Å². The van der Waals surface area contributed by atoms with Crippen LogP contribution >= 0.6 is 23.1 Å². The minimum atomic E-state index is 0.0919. The number of carbonyl (C=O) groups excluding carboxylic acids is 1. The van der Waals surface area contributed by atoms with Crippen LogP contribution in [0.5, 0.6) is 0 Å². The van der Waals surface area contributed by atoms with Gasteiger partial charge in [-0.05, 0) is 47.5 Å². The molecule has 7 heteroatoms. The lowest BCUT2D eigenvalue weighted by molar-refractivity contribution is -0.121. The molecule has 0 atom stereocenters. The Labute approximate surface area is 232 Å². The summed E-state index contributed by atoms with van der Waals surface area (Å²) in [5.41, 5.74) is 3.58. The maximum Gasteiger partial charge on any atom is 0.220 e. The van der Waals surface area contributed by atoms with Crippen LogP contribution in [0, 0.1) is 0 Å². The summed E-state index contributed by atoms with van der Waals surface area (Å²) >= 11 is 3.29. The van der Waals surface area contributed by atoms with Crippen molar-refractivity contribution in [1.82, 2.24) is 20.1 Å². The van der Waals surface area contributed by atoms with Crippen LogP contribution < -0.4 is 5.32 Å². The molecule has 0 saturated heterocycles. The molecule has 5 aromatic rings. The van der Waals surface area contributed by atoms with Crippen LogP contribution in [-0.4, -0.2) is 33.0 Å². The maximum absolute atomic E-state index is 12.6. The fourth-order valence-electron chi connectivity index (χ4n) is 4.48. The van der Waals surface area contributed by atoms with E-state index in [2.05, 4.69) is 86.8 Å². The van der Waals surface area contributed by atoms with Gasteiger partial charge in [-0.3, -0.25) is 9.36 Å². The SMILES string of the molecule is O=C(CCCSc1nnc(-c2cccs2)n1-c1ccccc1)NCCC(c1ccccc1)c1ccccc1. The number of hydrogen-bond acceptors (Lipinski definition) is 5. The van der Waals surface area contributed by atoms with Crippen molar-refractivity contribution in [3.05, 3.63) is 120 Å². The molecular formula is C31H30N4OS2. The quantitative estimate of drug-likeness (QED) is 0.135. The molecule has 0 fully saturated rings. The number of aromatic nitrogens is 3. The summed E-state index contributed by atoms with van der Waals surface area (Å²) in [5, 5.41) is 15.0. The predicted molar refractivity (Wildman–Crippen MR) is 157 cm³/mol. The van der Waals surface area contributed by atoms with Gasteiger partial charge >= 0.3 is 0 Å². The Morgan fingerprint density at radius 2 is 1.50 bits per heavy atom. The predicted octanol–water partition coefficient (Wildman–Crippen LogP) is 7.21. The van der Waals surface area contributed by atoms with Crippen LogP contribution in [0.4, 0.5) is 0 Å². The van der Waals surface area contributed by atoms with Gasteiger partial charge < -0.3 is 5.32 Å². The fraction of sp³-hybridized carbons (Fsp3) is 0.194. The molecule has 0 aliphatic carbocycles. The number of thiophene rings is 1. The molecule has 0 radical (unpaired) electrons. The highest BCUT2D eigenvalue weighted by Crippen LogP contribution is 2.31. The Morgan fingerprint density at radius 3 is 2.13 bits per heavy atom. The molecule has 192 valence electrons. The standard InChI is InChI=1S/C31H30N4OS2/c36-29(32-21-20-27(24-12-4-1-5-13-24)25-14-6-2-7-15-25)19-11-23-38-31-34-33-30(28-18-10-22-37-28)35(31)26-16-8-3-9-17-26/h1-10,12-18,22,27H,11,19-21,23H2,(H,32,36). The Morgan fingerprint density at radius 1 is 0.842 bits per heavy atom. The molecule has 0 spiro atoms. The highest BCUT2D eigenvalue weighted by Gasteiger charge is 2.17. The van der Waals surface area contributed by atoms with E-state index in [1.54, 1.807) is 23.1 Å². The second kappa shape index (κ2) is 13.2. The number of rotatable bonds is 12. The molecule has 2 heterocycles. The normalized spacial score (nSPS) is 11.1. The molecule has 1 N–H and O–H groups in total. The minimum absolute atomic E-state index is 0.0919. The van der Waals surface area contributed by atoms with Gasteiger partial charge in [0.2, 0.25) is 5.91 Å². The van der Waals surface area contributed by atoms with Crippen LogP contribution in [-0.2, 0) is 4.79 Å². The molecule has 38 heavy (non-hydrogen) atoms. The molecule has 2 aromatic heterocycles. The molecule has 0 aliphatic heterocycles. The zero-order chi connectivity index (χ0) is 26.0. The molecule has 5 rings (SSSR count). The van der Waals surface area contributed by atoms with E-state index in [1.807, 2.05) is 41.8 Å². The third-order valence-corrected chi connectivity index (χ3v) is 8.21. The van der Waals surface area contributed by atoms with E-state index in [1.165, 1.54) is 11.1 Å². The van der Waals surface area contributed by atoms with Crippen molar-refractivity contribution in [2.45, 2.75) is 30.3 Å². The first kappa shape index (κ1) is 25.9. The van der Waals surface area contributed by atoms with Gasteiger partial charge in [0, 0.05) is 30.3 Å². The molecule has 0 bridgehead atoms. The number of nitrogens with one attached hydrogen (secondary N) is 1. The van der Waals surface area contributed by atoms with E-state index >= 15 is 0 Å². The number of thioether (sulfide) groups is 1. The first-order chi connectivity index (χ1) is 18.8. The van der Waals surface area contributed by atoms with Crippen molar-refractivity contribution in [3.8, 4) is 16.4 Å². The van der Waals surface area contributed by atoms with Crippen LogP contribution in [0.1, 0.15) is 36.3 Å². The van der Waals surface area contributed by atoms with Crippen molar-refractivity contribution < 1.29 is 4.79 Å². The summed E-state index contributed by atoms with van der Waals surface area (Å²) in [7, 11) is 0. The lowest BCUT2D eigenvalue weighted by Crippen LogP contribution is -2.25. The van der Waals surface area contributed by atoms with E-state index in [4.69, 9.17) is 0 Å². The number of para-hydroxylation sites is 1. The van der Waals surface area contributed by atoms with E-state index in [-0.39, 0.29) is 11.8 Å². The topological polar surface area (TPSA) is 59.8 Å². The second-order valence-electron chi connectivity index (χ2n) is 8.92. The van der Waals surface area contributed by atoms with Crippen molar-refractivity contribution in [3.63, 3.8) is 0 Å². The van der Waals surface area contributed by atoms with Gasteiger partial charge in [-0.2, -0.15) is 0 Å². The largest absolute Gasteiger partial charge is 0.356 e. The van der Waals surface area contributed by atoms with Gasteiger partial charge in [-0.1, -0.05) is 96.7 Å². The Balaban J connectivity index is 1.13. The van der Waals surface area contributed by atoms with E-state index in [0.29, 0.717) is 13.0 Å². The van der Waals surface area contributed by atoms with Crippen LogP contribution in [0.3, 0.4) is 0 Å². The minimum Gasteiger partial charge on any atom is -0.356 e. The number of hydrogen-bond donors (Lipinski definition) is 1. The molecular weight excluding hydrogens is 509 g/mol. The third kappa shape index (κ3) is 6.60. The van der Waals surface area contributed by atoms with Crippen molar-refractivity contribution in [2.75, 3.05) is 12.3 Å². The summed E-state index contributed by atoms with van der Waals surface area (Å²) in [6, 6.07) is 35.3.